The smallest absolute Gasteiger partial charge is 0.437 e. The number of guanidine groups is 2. The fraction of sp³-hybridized carbons (Fsp3) is 0.574. The van der Waals surface area contributed by atoms with Crippen LogP contribution >= 0.6 is 0 Å². The second-order valence-electron chi connectivity index (χ2n) is 20.2. The standard InChI is InChI=1S/C47H66N8O9/c1-29-28-34(32-22-26-55(27-23-32)39(50-42(58)63-46(8,9)10)51-43(59)64-47(11,12)13)18-19-35(29)37-53-52-36(60-37)33-16-14-30(15-17-33)31-20-24-54(25-21-31)38(48-40(56)61-44(2,3)4)49-41(57)62-45(5,6)7/h14-19,28,31-32H,20-27H2,1-13H3,(H,48,49,56,57)(H,50,51,58,59). The number of alkyl carbamates (subject to hydrolysis) is 2. The van der Waals surface area contributed by atoms with Gasteiger partial charge in [0, 0.05) is 37.3 Å². The maximum atomic E-state index is 12.7. The number of amides is 4. The second-order valence-corrected chi connectivity index (χ2v) is 20.2. The third-order valence-corrected chi connectivity index (χ3v) is 10.0. The predicted octanol–water partition coefficient (Wildman–Crippen LogP) is 9.70. The second kappa shape index (κ2) is 19.8. The third kappa shape index (κ3) is 15.1. The van der Waals surface area contributed by atoms with E-state index in [1.54, 1.807) is 83.1 Å². The average Bonchev–Trinajstić information content (AvgIpc) is 3.65. The molecule has 2 N–H and O–H groups in total. The molecule has 4 amide bonds. The van der Waals surface area contributed by atoms with Gasteiger partial charge in [-0.1, -0.05) is 24.3 Å². The molecule has 0 spiro atoms. The van der Waals surface area contributed by atoms with Crippen LogP contribution in [0.25, 0.3) is 22.9 Å². The number of rotatable bonds is 4. The SMILES string of the molecule is Cc1cc(C2CCN(/C(=N/C(=O)OC(C)(C)C)NC(=O)OC(C)(C)C)CC2)ccc1-c1nnc(-c2ccc(C3CCN(/C(=N\C(=O)OC(C)(C)C)NC(=O)OC(C)(C)C)CC3)cc2)o1. The van der Waals surface area contributed by atoms with E-state index in [1.807, 2.05) is 34.9 Å². The Morgan fingerprint density at radius 1 is 0.578 bits per heavy atom. The highest BCUT2D eigenvalue weighted by atomic mass is 16.6. The molecular formula is C47H66N8O9. The molecule has 1 aromatic heterocycles. The number of hydrogen-bond acceptors (Lipinski definition) is 11. The summed E-state index contributed by atoms with van der Waals surface area (Å²) in [6.07, 6.45) is 0.0542. The Bertz CT molecular complexity index is 2190. The highest BCUT2D eigenvalue weighted by Gasteiger charge is 2.30. The molecule has 2 saturated heterocycles. The molecule has 0 unspecified atom stereocenters. The summed E-state index contributed by atoms with van der Waals surface area (Å²) in [4.78, 5) is 62.6. The van der Waals surface area contributed by atoms with Crippen LogP contribution in [0.1, 0.15) is 137 Å². The first-order valence-corrected chi connectivity index (χ1v) is 21.9. The van der Waals surface area contributed by atoms with Gasteiger partial charge < -0.3 is 33.2 Å². The van der Waals surface area contributed by atoms with Crippen molar-refractivity contribution < 1.29 is 42.5 Å². The number of ether oxygens (including phenoxy) is 4. The molecular weight excluding hydrogens is 821 g/mol. The van der Waals surface area contributed by atoms with Crippen LogP contribution in [0, 0.1) is 6.92 Å². The van der Waals surface area contributed by atoms with Crippen molar-refractivity contribution in [3.63, 3.8) is 0 Å². The fourth-order valence-electron chi connectivity index (χ4n) is 7.26. The summed E-state index contributed by atoms with van der Waals surface area (Å²) >= 11 is 0. The van der Waals surface area contributed by atoms with E-state index in [1.165, 1.54) is 5.56 Å². The number of piperidine rings is 2. The zero-order chi connectivity index (χ0) is 47.2. The molecule has 5 rings (SSSR count). The molecule has 2 fully saturated rings. The van der Waals surface area contributed by atoms with Gasteiger partial charge in [0.25, 0.3) is 0 Å². The largest absolute Gasteiger partial charge is 0.444 e. The Hall–Kier alpha value is -6.00. The molecule has 3 heterocycles. The molecule has 17 heteroatoms. The van der Waals surface area contributed by atoms with Crippen LogP contribution in [0.5, 0.6) is 0 Å². The maximum absolute atomic E-state index is 12.7. The minimum Gasteiger partial charge on any atom is -0.444 e. The van der Waals surface area contributed by atoms with Crippen molar-refractivity contribution in [1.29, 1.82) is 0 Å². The van der Waals surface area contributed by atoms with Crippen molar-refractivity contribution >= 4 is 36.3 Å². The molecule has 0 bridgehead atoms. The van der Waals surface area contributed by atoms with E-state index in [0.717, 1.165) is 47.9 Å². The number of aliphatic imine (C=N–C) groups is 2. The van der Waals surface area contributed by atoms with Gasteiger partial charge >= 0.3 is 24.4 Å². The van der Waals surface area contributed by atoms with Crippen LogP contribution < -0.4 is 10.6 Å². The van der Waals surface area contributed by atoms with Crippen molar-refractivity contribution in [2.45, 2.75) is 150 Å². The molecule has 17 nitrogen and oxygen atoms in total. The number of aryl methyl sites for hydroxylation is 1. The van der Waals surface area contributed by atoms with Gasteiger partial charge in [0.15, 0.2) is 0 Å². The van der Waals surface area contributed by atoms with Crippen LogP contribution in [0.4, 0.5) is 19.2 Å². The third-order valence-electron chi connectivity index (χ3n) is 10.0. The van der Waals surface area contributed by atoms with E-state index in [-0.39, 0.29) is 23.8 Å². The minimum absolute atomic E-state index is 0.101. The first-order valence-electron chi connectivity index (χ1n) is 21.9. The molecule has 2 aliphatic heterocycles. The highest BCUT2D eigenvalue weighted by molar-refractivity contribution is 5.99. The predicted molar refractivity (Wildman–Crippen MR) is 243 cm³/mol. The van der Waals surface area contributed by atoms with Gasteiger partial charge in [-0.2, -0.15) is 0 Å². The summed E-state index contributed by atoms with van der Waals surface area (Å²) in [6.45, 7) is 25.3. The number of carbonyl (C=O) groups excluding carboxylic acids is 4. The van der Waals surface area contributed by atoms with Crippen molar-refractivity contribution in [2.24, 2.45) is 9.98 Å². The van der Waals surface area contributed by atoms with Crippen molar-refractivity contribution in [2.75, 3.05) is 26.2 Å². The lowest BCUT2D eigenvalue weighted by atomic mass is 9.88. The van der Waals surface area contributed by atoms with Crippen molar-refractivity contribution in [1.82, 2.24) is 30.6 Å². The summed E-state index contributed by atoms with van der Waals surface area (Å²) in [5.74, 6) is 1.51. The van der Waals surface area contributed by atoms with Crippen LogP contribution in [-0.2, 0) is 18.9 Å². The zero-order valence-corrected chi connectivity index (χ0v) is 39.7. The van der Waals surface area contributed by atoms with E-state index in [0.29, 0.717) is 38.0 Å². The highest BCUT2D eigenvalue weighted by Crippen LogP contribution is 2.34. The van der Waals surface area contributed by atoms with E-state index < -0.39 is 46.8 Å². The zero-order valence-electron chi connectivity index (χ0n) is 39.7. The monoisotopic (exact) mass is 886 g/mol. The van der Waals surface area contributed by atoms with E-state index in [4.69, 9.17) is 23.4 Å². The summed E-state index contributed by atoms with van der Waals surface area (Å²) in [5, 5.41) is 14.1. The lowest BCUT2D eigenvalue weighted by Crippen LogP contribution is -2.49. The number of likely N-dealkylation sites (tertiary alicyclic amines) is 2. The lowest BCUT2D eigenvalue weighted by Gasteiger charge is -2.34. The number of carbonyl (C=O) groups is 4. The Labute approximate surface area is 376 Å². The number of benzene rings is 2. The van der Waals surface area contributed by atoms with E-state index >= 15 is 0 Å². The van der Waals surface area contributed by atoms with Crippen molar-refractivity contribution in [3.8, 4) is 22.9 Å². The van der Waals surface area contributed by atoms with Crippen LogP contribution in [0.15, 0.2) is 56.9 Å². The van der Waals surface area contributed by atoms with Gasteiger partial charge in [-0.15, -0.1) is 20.2 Å². The molecule has 0 saturated carbocycles. The minimum atomic E-state index is -0.794. The molecule has 0 radical (unpaired) electrons. The fourth-order valence-corrected chi connectivity index (χ4v) is 7.26. The normalized spacial score (nSPS) is 16.3. The number of aromatic nitrogens is 2. The Balaban J connectivity index is 1.20. The first-order chi connectivity index (χ1) is 29.7. The van der Waals surface area contributed by atoms with Crippen molar-refractivity contribution in [3.05, 3.63) is 59.2 Å². The summed E-state index contributed by atoms with van der Waals surface area (Å²) in [6, 6.07) is 14.3. The Morgan fingerprint density at radius 2 is 0.969 bits per heavy atom. The van der Waals surface area contributed by atoms with E-state index in [2.05, 4.69) is 55.1 Å². The maximum Gasteiger partial charge on any atom is 0.437 e. The Kier molecular flexibility index (Phi) is 15.2. The summed E-state index contributed by atoms with van der Waals surface area (Å²) in [5.41, 5.74) is 2.01. The summed E-state index contributed by atoms with van der Waals surface area (Å²) in [7, 11) is 0. The molecule has 64 heavy (non-hydrogen) atoms. The summed E-state index contributed by atoms with van der Waals surface area (Å²) < 4.78 is 27.9. The topological polar surface area (TPSA) is 199 Å². The van der Waals surface area contributed by atoms with Gasteiger partial charge in [0.2, 0.25) is 23.7 Å². The number of nitrogens with one attached hydrogen (secondary N) is 2. The molecule has 2 aromatic carbocycles. The van der Waals surface area contributed by atoms with E-state index in [9.17, 15) is 19.2 Å². The van der Waals surface area contributed by atoms with Crippen LogP contribution in [0.3, 0.4) is 0 Å². The average molecular weight is 887 g/mol. The first kappa shape index (κ1) is 49.0. The van der Waals surface area contributed by atoms with Gasteiger partial charge in [0.1, 0.15) is 22.4 Å². The van der Waals surface area contributed by atoms with Gasteiger partial charge in [-0.25, -0.2) is 19.2 Å². The van der Waals surface area contributed by atoms with Gasteiger partial charge in [-0.05, 0) is 162 Å². The number of hydrogen-bond donors (Lipinski definition) is 2. The molecule has 0 aliphatic carbocycles. The molecule has 348 valence electrons. The molecule has 3 aromatic rings. The molecule has 0 atom stereocenters. The van der Waals surface area contributed by atoms with Crippen LogP contribution in [0.2, 0.25) is 0 Å². The van der Waals surface area contributed by atoms with Gasteiger partial charge in [0.05, 0.1) is 0 Å². The quantitative estimate of drug-likeness (QED) is 0.143. The molecule has 2 aliphatic rings. The lowest BCUT2D eigenvalue weighted by molar-refractivity contribution is 0.0534. The Morgan fingerprint density at radius 3 is 1.38 bits per heavy atom. The number of nitrogens with zero attached hydrogens (tertiary/aromatic N) is 6. The van der Waals surface area contributed by atoms with Gasteiger partial charge in [-0.3, -0.25) is 10.6 Å². The van der Waals surface area contributed by atoms with Crippen LogP contribution in [-0.4, -0.2) is 105 Å².